The van der Waals surface area contributed by atoms with Gasteiger partial charge in [0.15, 0.2) is 0 Å². The number of methoxy groups -OCH3 is 1. The van der Waals surface area contributed by atoms with Gasteiger partial charge in [-0.2, -0.15) is 5.09 Å². The minimum Gasteiger partial charge on any atom is -0.468 e. The van der Waals surface area contributed by atoms with Gasteiger partial charge in [-0.25, -0.2) is 9.36 Å². The minimum absolute atomic E-state index is 0.0829. The molecule has 1 fully saturated rings. The van der Waals surface area contributed by atoms with Crippen LogP contribution in [0.1, 0.15) is 23.8 Å². The lowest BCUT2D eigenvalue weighted by Crippen LogP contribution is -2.39. The first-order valence-electron chi connectivity index (χ1n) is 12.6. The molecule has 216 valence electrons. The topological polar surface area (TPSA) is 187 Å². The molecular formula is C26H29N6O8P. The van der Waals surface area contributed by atoms with Crippen molar-refractivity contribution in [2.24, 2.45) is 5.11 Å². The first-order valence-corrected chi connectivity index (χ1v) is 14.2. The van der Waals surface area contributed by atoms with Crippen LogP contribution in [0.5, 0.6) is 5.75 Å². The molecule has 1 aromatic heterocycles. The largest absolute Gasteiger partial charge is 0.468 e. The van der Waals surface area contributed by atoms with E-state index in [2.05, 4.69) is 20.1 Å². The van der Waals surface area contributed by atoms with Crippen molar-refractivity contribution in [3.8, 4) is 5.75 Å². The summed E-state index contributed by atoms with van der Waals surface area (Å²) in [4.78, 5) is 41.9. The van der Waals surface area contributed by atoms with Gasteiger partial charge in [0.1, 0.15) is 18.0 Å². The van der Waals surface area contributed by atoms with Crippen molar-refractivity contribution in [1.82, 2.24) is 14.6 Å². The number of nitrogens with zero attached hydrogens (tertiary/aromatic N) is 4. The van der Waals surface area contributed by atoms with Crippen molar-refractivity contribution in [3.63, 3.8) is 0 Å². The smallest absolute Gasteiger partial charge is 0.459 e. The molecule has 2 aromatic carbocycles. The number of nitrogens with one attached hydrogen (secondary N) is 2. The third kappa shape index (κ3) is 7.72. The molecule has 0 bridgehead atoms. The number of esters is 1. The van der Waals surface area contributed by atoms with Gasteiger partial charge in [0.25, 0.3) is 5.56 Å². The molecule has 4 rings (SSSR count). The first kappa shape index (κ1) is 29.8. The SMILES string of the molecule is COC(=O)[C@H](Cc1ccccc1)NP(=O)(OC[C@H]1O[C@@H](n2cc(C)c(=O)[nH]c2=O)C[C@@H]1N=[N+]=[N-])Oc1ccccc1. The Hall–Kier alpha value is -4.19. The average Bonchev–Trinajstić information content (AvgIpc) is 3.37. The Balaban J connectivity index is 1.58. The van der Waals surface area contributed by atoms with Crippen LogP contribution in [0.3, 0.4) is 0 Å². The van der Waals surface area contributed by atoms with E-state index in [1.165, 1.54) is 24.8 Å². The molecule has 1 aliphatic heterocycles. The molecule has 1 aliphatic rings. The molecule has 0 spiro atoms. The number of para-hydroxylation sites is 1. The van der Waals surface area contributed by atoms with Crippen molar-refractivity contribution in [1.29, 1.82) is 0 Å². The number of hydrogen-bond acceptors (Lipinski definition) is 9. The third-order valence-corrected chi connectivity index (χ3v) is 7.89. The summed E-state index contributed by atoms with van der Waals surface area (Å²) in [7, 11) is -3.08. The highest BCUT2D eigenvalue weighted by Gasteiger charge is 2.40. The second kappa shape index (κ2) is 13.4. The number of aromatic amines is 1. The van der Waals surface area contributed by atoms with E-state index in [1.807, 2.05) is 6.07 Å². The predicted molar refractivity (Wildman–Crippen MR) is 147 cm³/mol. The lowest BCUT2D eigenvalue weighted by molar-refractivity contribution is -0.142. The van der Waals surface area contributed by atoms with Crippen LogP contribution in [0.4, 0.5) is 0 Å². The van der Waals surface area contributed by atoms with E-state index in [0.29, 0.717) is 0 Å². The van der Waals surface area contributed by atoms with E-state index in [9.17, 15) is 18.9 Å². The number of azide groups is 1. The Morgan fingerprint density at radius 1 is 1.22 bits per heavy atom. The number of aryl methyl sites for hydroxylation is 1. The molecule has 1 unspecified atom stereocenters. The van der Waals surface area contributed by atoms with Gasteiger partial charge >= 0.3 is 19.4 Å². The number of ether oxygens (including phenoxy) is 2. The summed E-state index contributed by atoms with van der Waals surface area (Å²) in [5.74, 6) is -0.481. The van der Waals surface area contributed by atoms with Gasteiger partial charge in [-0.15, -0.1) is 0 Å². The molecule has 2 heterocycles. The number of carbonyl (C=O) groups excluding carboxylic acids is 1. The molecule has 1 saturated heterocycles. The van der Waals surface area contributed by atoms with Crippen LogP contribution in [0.2, 0.25) is 0 Å². The van der Waals surface area contributed by atoms with Gasteiger partial charge in [-0.05, 0) is 36.6 Å². The fourth-order valence-electron chi connectivity index (χ4n) is 4.27. The molecule has 14 nitrogen and oxygen atoms in total. The maximum atomic E-state index is 14.1. The highest BCUT2D eigenvalue weighted by molar-refractivity contribution is 7.52. The van der Waals surface area contributed by atoms with E-state index < -0.39 is 56.0 Å². The zero-order valence-corrected chi connectivity index (χ0v) is 23.2. The zero-order chi connectivity index (χ0) is 29.4. The molecule has 3 aromatic rings. The van der Waals surface area contributed by atoms with Crippen LogP contribution in [0.15, 0.2) is 81.6 Å². The van der Waals surface area contributed by atoms with Gasteiger partial charge in [-0.1, -0.05) is 53.6 Å². The zero-order valence-electron chi connectivity index (χ0n) is 22.3. The Kier molecular flexibility index (Phi) is 9.77. The molecule has 5 atom stereocenters. The van der Waals surface area contributed by atoms with Crippen molar-refractivity contribution >= 4 is 13.7 Å². The maximum absolute atomic E-state index is 14.1. The van der Waals surface area contributed by atoms with Crippen LogP contribution >= 0.6 is 7.75 Å². The second-order valence-corrected chi connectivity index (χ2v) is 10.9. The molecule has 2 N–H and O–H groups in total. The van der Waals surface area contributed by atoms with Crippen LogP contribution in [-0.2, 0) is 29.8 Å². The monoisotopic (exact) mass is 584 g/mol. The average molecular weight is 585 g/mol. The summed E-state index contributed by atoms with van der Waals surface area (Å²) in [5.41, 5.74) is 8.93. The summed E-state index contributed by atoms with van der Waals surface area (Å²) in [5, 5.41) is 6.45. The van der Waals surface area contributed by atoms with Crippen LogP contribution < -0.4 is 20.9 Å². The number of aromatic nitrogens is 2. The van der Waals surface area contributed by atoms with Crippen LogP contribution in [0.25, 0.3) is 10.4 Å². The molecule has 0 saturated carbocycles. The highest BCUT2D eigenvalue weighted by Crippen LogP contribution is 2.46. The molecule has 0 radical (unpaired) electrons. The lowest BCUT2D eigenvalue weighted by Gasteiger charge is -2.26. The maximum Gasteiger partial charge on any atom is 0.459 e. The van der Waals surface area contributed by atoms with Gasteiger partial charge in [0.2, 0.25) is 0 Å². The van der Waals surface area contributed by atoms with E-state index >= 15 is 0 Å². The minimum atomic E-state index is -4.30. The molecule has 41 heavy (non-hydrogen) atoms. The Morgan fingerprint density at radius 3 is 2.56 bits per heavy atom. The number of hydrogen-bond donors (Lipinski definition) is 2. The molecule has 0 amide bonds. The summed E-state index contributed by atoms with van der Waals surface area (Å²) in [6, 6.07) is 15.4. The Morgan fingerprint density at radius 2 is 1.90 bits per heavy atom. The molecule has 15 heteroatoms. The standard InChI is InChI=1S/C26H29N6O8P/c1-17-15-32(26(35)28-24(17)33)23-14-20(29-31-27)22(39-23)16-38-41(36,40-19-11-7-4-8-12-19)30-21(25(34)37-2)13-18-9-5-3-6-10-18/h3-12,15,20-23H,13-14,16H2,1-2H3,(H,30,36)(H,28,33,35)/t20-,21-,22+,23+,41?/m0/s1. The van der Waals surface area contributed by atoms with Crippen molar-refractivity contribution in [2.45, 2.75) is 44.2 Å². The van der Waals surface area contributed by atoms with Crippen molar-refractivity contribution < 1.29 is 27.9 Å². The van der Waals surface area contributed by atoms with E-state index in [0.717, 1.165) is 5.56 Å². The van der Waals surface area contributed by atoms with Gasteiger partial charge in [0, 0.05) is 23.1 Å². The first-order chi connectivity index (χ1) is 19.7. The van der Waals surface area contributed by atoms with Gasteiger partial charge in [-0.3, -0.25) is 23.7 Å². The normalized spacial score (nSPS) is 20.4. The van der Waals surface area contributed by atoms with Gasteiger partial charge < -0.3 is 14.0 Å². The van der Waals surface area contributed by atoms with Crippen LogP contribution in [-0.4, -0.2) is 47.4 Å². The van der Waals surface area contributed by atoms with E-state index in [4.69, 9.17) is 24.1 Å². The fraction of sp³-hybridized carbons (Fsp3) is 0.346. The molecule has 0 aliphatic carbocycles. The summed E-state index contributed by atoms with van der Waals surface area (Å²) in [6.07, 6.45) is -0.297. The third-order valence-electron chi connectivity index (χ3n) is 6.32. The quantitative estimate of drug-likeness (QED) is 0.106. The highest BCUT2D eigenvalue weighted by atomic mass is 31.2. The van der Waals surface area contributed by atoms with Crippen molar-refractivity contribution in [2.75, 3.05) is 13.7 Å². The fourth-order valence-corrected chi connectivity index (χ4v) is 5.77. The van der Waals surface area contributed by atoms with E-state index in [-0.39, 0.29) is 24.2 Å². The summed E-state index contributed by atoms with van der Waals surface area (Å²) in [6.45, 7) is 1.14. The Bertz CT molecular complexity index is 1560. The summed E-state index contributed by atoms with van der Waals surface area (Å²) >= 11 is 0. The lowest BCUT2D eigenvalue weighted by atomic mass is 10.1. The molecular weight excluding hydrogens is 555 g/mol. The number of benzene rings is 2. The van der Waals surface area contributed by atoms with Crippen molar-refractivity contribution in [3.05, 3.63) is 109 Å². The van der Waals surface area contributed by atoms with E-state index in [1.54, 1.807) is 54.6 Å². The number of carbonyl (C=O) groups is 1. The number of rotatable bonds is 12. The predicted octanol–water partition coefficient (Wildman–Crippen LogP) is 3.39. The number of H-pyrrole nitrogens is 1. The Labute approximate surface area is 234 Å². The summed E-state index contributed by atoms with van der Waals surface area (Å²) < 4.78 is 37.7. The van der Waals surface area contributed by atoms with Crippen LogP contribution in [0, 0.1) is 6.92 Å². The van der Waals surface area contributed by atoms with Gasteiger partial charge in [0.05, 0.1) is 25.9 Å². The second-order valence-electron chi connectivity index (χ2n) is 9.21.